The molecular weight excluding hydrogens is 200 g/mol. The fourth-order valence-electron chi connectivity index (χ4n) is 2.30. The maximum atomic E-state index is 11.2. The second-order valence-corrected chi connectivity index (χ2v) is 4.51. The van der Waals surface area contributed by atoms with E-state index in [1.807, 2.05) is 17.3 Å². The lowest BCUT2D eigenvalue weighted by Crippen LogP contribution is -2.37. The number of pyridine rings is 1. The minimum atomic E-state index is 0.211. The van der Waals surface area contributed by atoms with Gasteiger partial charge in [0.1, 0.15) is 0 Å². The van der Waals surface area contributed by atoms with Crippen LogP contribution in [0.5, 0.6) is 0 Å². The maximum Gasteiger partial charge on any atom is 0.219 e. The van der Waals surface area contributed by atoms with E-state index in [1.165, 1.54) is 5.56 Å². The van der Waals surface area contributed by atoms with Gasteiger partial charge in [-0.25, -0.2) is 0 Å². The van der Waals surface area contributed by atoms with Gasteiger partial charge in [-0.1, -0.05) is 0 Å². The van der Waals surface area contributed by atoms with Crippen molar-refractivity contribution in [1.29, 1.82) is 0 Å². The normalized spacial score (nSPS) is 17.4. The van der Waals surface area contributed by atoms with Crippen molar-refractivity contribution in [3.8, 4) is 0 Å². The Bertz CT molecular complexity index is 342. The molecule has 1 amide bonds. The lowest BCUT2D eigenvalue weighted by Gasteiger charge is -2.31. The molecule has 0 radical (unpaired) electrons. The van der Waals surface area contributed by atoms with Gasteiger partial charge in [-0.3, -0.25) is 9.78 Å². The average molecular weight is 218 g/mol. The quantitative estimate of drug-likeness (QED) is 0.759. The minimum Gasteiger partial charge on any atom is -0.343 e. The topological polar surface area (TPSA) is 33.2 Å². The van der Waals surface area contributed by atoms with Crippen LogP contribution in [0.3, 0.4) is 0 Å². The lowest BCUT2D eigenvalue weighted by molar-refractivity contribution is -0.130. The molecule has 0 unspecified atom stereocenters. The highest BCUT2D eigenvalue weighted by molar-refractivity contribution is 5.73. The van der Waals surface area contributed by atoms with Gasteiger partial charge in [0.15, 0.2) is 0 Å². The van der Waals surface area contributed by atoms with Gasteiger partial charge >= 0.3 is 0 Å². The van der Waals surface area contributed by atoms with Crippen LogP contribution in [-0.2, 0) is 11.2 Å². The number of aromatic nitrogens is 1. The van der Waals surface area contributed by atoms with Gasteiger partial charge in [-0.05, 0) is 42.9 Å². The van der Waals surface area contributed by atoms with Crippen molar-refractivity contribution in [3.63, 3.8) is 0 Å². The highest BCUT2D eigenvalue weighted by Crippen LogP contribution is 2.21. The zero-order valence-electron chi connectivity index (χ0n) is 9.72. The molecule has 0 aliphatic carbocycles. The number of amides is 1. The van der Waals surface area contributed by atoms with Gasteiger partial charge in [0, 0.05) is 32.4 Å². The van der Waals surface area contributed by atoms with Crippen LogP contribution >= 0.6 is 0 Å². The fourth-order valence-corrected chi connectivity index (χ4v) is 2.30. The summed E-state index contributed by atoms with van der Waals surface area (Å²) in [7, 11) is 0. The van der Waals surface area contributed by atoms with Crippen LogP contribution in [0.1, 0.15) is 25.3 Å². The third kappa shape index (κ3) is 2.81. The Morgan fingerprint density at radius 3 is 2.56 bits per heavy atom. The van der Waals surface area contributed by atoms with E-state index in [2.05, 4.69) is 17.1 Å². The third-order valence-electron chi connectivity index (χ3n) is 3.33. The Kier molecular flexibility index (Phi) is 3.54. The smallest absolute Gasteiger partial charge is 0.219 e. The van der Waals surface area contributed by atoms with Gasteiger partial charge in [-0.15, -0.1) is 0 Å². The number of hydrogen-bond donors (Lipinski definition) is 0. The van der Waals surface area contributed by atoms with E-state index < -0.39 is 0 Å². The van der Waals surface area contributed by atoms with Crippen molar-refractivity contribution in [1.82, 2.24) is 9.88 Å². The van der Waals surface area contributed by atoms with Crippen molar-refractivity contribution in [2.75, 3.05) is 13.1 Å². The van der Waals surface area contributed by atoms with E-state index in [9.17, 15) is 4.79 Å². The second-order valence-electron chi connectivity index (χ2n) is 4.51. The van der Waals surface area contributed by atoms with E-state index >= 15 is 0 Å². The van der Waals surface area contributed by atoms with Crippen molar-refractivity contribution >= 4 is 5.91 Å². The zero-order chi connectivity index (χ0) is 11.4. The number of nitrogens with zero attached hydrogens (tertiary/aromatic N) is 2. The molecule has 2 heterocycles. The van der Waals surface area contributed by atoms with Crippen LogP contribution < -0.4 is 0 Å². The summed E-state index contributed by atoms with van der Waals surface area (Å²) in [5.74, 6) is 0.931. The molecule has 86 valence electrons. The van der Waals surface area contributed by atoms with Gasteiger partial charge in [0.2, 0.25) is 5.91 Å². The number of piperidine rings is 1. The molecule has 1 aromatic heterocycles. The molecule has 3 nitrogen and oxygen atoms in total. The maximum absolute atomic E-state index is 11.2. The molecule has 0 bridgehead atoms. The Balaban J connectivity index is 1.84. The largest absolute Gasteiger partial charge is 0.343 e. The van der Waals surface area contributed by atoms with Crippen LogP contribution in [0.15, 0.2) is 24.5 Å². The number of carbonyl (C=O) groups is 1. The first-order valence-corrected chi connectivity index (χ1v) is 5.90. The third-order valence-corrected chi connectivity index (χ3v) is 3.33. The predicted octanol–water partition coefficient (Wildman–Crippen LogP) is 1.88. The van der Waals surface area contributed by atoms with Crippen LogP contribution in [0, 0.1) is 5.92 Å². The van der Waals surface area contributed by atoms with Gasteiger partial charge in [0.05, 0.1) is 0 Å². The summed E-state index contributed by atoms with van der Waals surface area (Å²) < 4.78 is 0. The molecule has 0 spiro atoms. The van der Waals surface area contributed by atoms with Crippen LogP contribution in [0.2, 0.25) is 0 Å². The molecule has 1 saturated heterocycles. The predicted molar refractivity (Wildman–Crippen MR) is 62.9 cm³/mol. The van der Waals surface area contributed by atoms with E-state index in [1.54, 1.807) is 6.92 Å². The summed E-state index contributed by atoms with van der Waals surface area (Å²) >= 11 is 0. The average Bonchev–Trinajstić information content (AvgIpc) is 2.31. The Labute approximate surface area is 96.5 Å². The minimum absolute atomic E-state index is 0.211. The SMILES string of the molecule is CC(=O)N1CCC(Cc2ccncc2)CC1. The summed E-state index contributed by atoms with van der Waals surface area (Å²) in [6, 6.07) is 4.16. The fraction of sp³-hybridized carbons (Fsp3) is 0.538. The Hall–Kier alpha value is -1.38. The highest BCUT2D eigenvalue weighted by Gasteiger charge is 2.20. The van der Waals surface area contributed by atoms with Crippen LogP contribution in [0.4, 0.5) is 0 Å². The molecule has 1 aromatic rings. The summed E-state index contributed by atoms with van der Waals surface area (Å²) in [5.41, 5.74) is 1.36. The van der Waals surface area contributed by atoms with Gasteiger partial charge in [-0.2, -0.15) is 0 Å². The van der Waals surface area contributed by atoms with E-state index in [4.69, 9.17) is 0 Å². The Morgan fingerprint density at radius 2 is 2.00 bits per heavy atom. The van der Waals surface area contributed by atoms with Crippen LogP contribution in [-0.4, -0.2) is 28.9 Å². The summed E-state index contributed by atoms with van der Waals surface area (Å²) in [6.07, 6.45) is 7.07. The molecule has 0 aromatic carbocycles. The van der Waals surface area contributed by atoms with E-state index in [0.717, 1.165) is 38.3 Å². The van der Waals surface area contributed by atoms with E-state index in [0.29, 0.717) is 0 Å². The summed E-state index contributed by atoms with van der Waals surface area (Å²) in [4.78, 5) is 17.1. The van der Waals surface area contributed by atoms with Crippen molar-refractivity contribution < 1.29 is 4.79 Å². The molecule has 3 heteroatoms. The molecule has 1 fully saturated rings. The summed E-state index contributed by atoms with van der Waals surface area (Å²) in [5, 5.41) is 0. The molecule has 0 N–H and O–H groups in total. The lowest BCUT2D eigenvalue weighted by atomic mass is 9.90. The zero-order valence-corrected chi connectivity index (χ0v) is 9.72. The molecule has 0 atom stereocenters. The summed E-state index contributed by atoms with van der Waals surface area (Å²) in [6.45, 7) is 3.50. The van der Waals surface area contributed by atoms with E-state index in [-0.39, 0.29) is 5.91 Å². The van der Waals surface area contributed by atoms with Crippen LogP contribution in [0.25, 0.3) is 0 Å². The molecule has 1 aliphatic rings. The highest BCUT2D eigenvalue weighted by atomic mass is 16.2. The first-order valence-electron chi connectivity index (χ1n) is 5.90. The first kappa shape index (κ1) is 11.1. The molecule has 0 saturated carbocycles. The molecule has 16 heavy (non-hydrogen) atoms. The molecule has 2 rings (SSSR count). The monoisotopic (exact) mass is 218 g/mol. The van der Waals surface area contributed by atoms with Crippen molar-refractivity contribution in [3.05, 3.63) is 30.1 Å². The second kappa shape index (κ2) is 5.10. The molecular formula is C13H18N2O. The number of hydrogen-bond acceptors (Lipinski definition) is 2. The number of likely N-dealkylation sites (tertiary alicyclic amines) is 1. The Morgan fingerprint density at radius 1 is 1.38 bits per heavy atom. The number of rotatable bonds is 2. The van der Waals surface area contributed by atoms with Crippen molar-refractivity contribution in [2.24, 2.45) is 5.92 Å². The van der Waals surface area contributed by atoms with Gasteiger partial charge < -0.3 is 4.90 Å². The standard InChI is InChI=1S/C13H18N2O/c1-11(16)15-8-4-13(5-9-15)10-12-2-6-14-7-3-12/h2-3,6-7,13H,4-5,8-10H2,1H3. The van der Waals surface area contributed by atoms with Gasteiger partial charge in [0.25, 0.3) is 0 Å². The number of carbonyl (C=O) groups excluding carboxylic acids is 1. The van der Waals surface area contributed by atoms with Crippen molar-refractivity contribution in [2.45, 2.75) is 26.2 Å². The molecule has 1 aliphatic heterocycles. The first-order chi connectivity index (χ1) is 7.75.